The number of amides is 1. The number of nitrogens with one attached hydrogen (secondary N) is 1. The van der Waals surface area contributed by atoms with Gasteiger partial charge in [0.25, 0.3) is 5.91 Å². The predicted octanol–water partition coefficient (Wildman–Crippen LogP) is 4.25. The summed E-state index contributed by atoms with van der Waals surface area (Å²) in [5, 5.41) is 12.1. The van der Waals surface area contributed by atoms with Crippen LogP contribution in [0.2, 0.25) is 10.0 Å². The molecule has 0 saturated carbocycles. The first kappa shape index (κ1) is 28.2. The summed E-state index contributed by atoms with van der Waals surface area (Å²) in [6.07, 6.45) is -4.55. The number of carbonyl (C=O) groups excluding carboxylic acids is 4. The van der Waals surface area contributed by atoms with E-state index in [2.05, 4.69) is 10.1 Å². The van der Waals surface area contributed by atoms with Gasteiger partial charge in [0.15, 0.2) is 0 Å². The average Bonchev–Trinajstić information content (AvgIpc) is 2.90. The quantitative estimate of drug-likeness (QED) is 0.290. The maximum Gasteiger partial charge on any atom is 0.349 e. The van der Waals surface area contributed by atoms with Crippen LogP contribution >= 0.6 is 23.2 Å². The maximum atomic E-state index is 13.3. The molecule has 0 aliphatic carbocycles. The van der Waals surface area contributed by atoms with Crippen LogP contribution in [0.3, 0.4) is 0 Å². The van der Waals surface area contributed by atoms with E-state index in [1.54, 1.807) is 6.07 Å². The highest BCUT2D eigenvalue weighted by atomic mass is 35.5. The van der Waals surface area contributed by atoms with E-state index in [9.17, 15) is 29.1 Å². The smallest absolute Gasteiger partial charge is 0.349 e. The first-order chi connectivity index (χ1) is 18.1. The summed E-state index contributed by atoms with van der Waals surface area (Å²) in [5.74, 6) is -6.19. The Morgan fingerprint density at radius 1 is 0.684 bits per heavy atom. The minimum atomic E-state index is -2.32. The van der Waals surface area contributed by atoms with Crippen LogP contribution in [0.4, 0.5) is 5.69 Å². The Kier molecular flexibility index (Phi) is 9.42. The molecule has 0 saturated heterocycles. The molecule has 1 amide bonds. The van der Waals surface area contributed by atoms with Gasteiger partial charge in [-0.2, -0.15) is 0 Å². The lowest BCUT2D eigenvalue weighted by atomic mass is 10.1. The molecule has 196 valence electrons. The number of aliphatic carboxylic acids is 1. The Hall–Kier alpha value is -4.41. The standard InChI is InChI=1S/C26H19Cl2NO9/c1-36-24(33)16-10-4-7-13-19(16)29-22(30)20(37-25(34)14-8-2-5-11-17(14)27)21(23(31)32)38-26(35)15-9-3-6-12-18(15)28/h2-13,20-21H,1H3,(H,29,30)(H,31,32)/t20-,21+/m1/s1. The topological polar surface area (TPSA) is 145 Å². The molecule has 0 aliphatic heterocycles. The first-order valence-corrected chi connectivity index (χ1v) is 11.5. The lowest BCUT2D eigenvalue weighted by Gasteiger charge is -2.24. The van der Waals surface area contributed by atoms with Crippen LogP contribution in [0.25, 0.3) is 0 Å². The first-order valence-electron chi connectivity index (χ1n) is 10.8. The predicted molar refractivity (Wildman–Crippen MR) is 135 cm³/mol. The number of methoxy groups -OCH3 is 1. The van der Waals surface area contributed by atoms with Gasteiger partial charge in [-0.05, 0) is 36.4 Å². The van der Waals surface area contributed by atoms with E-state index in [4.69, 9.17) is 32.7 Å². The molecular weight excluding hydrogens is 541 g/mol. The monoisotopic (exact) mass is 559 g/mol. The van der Waals surface area contributed by atoms with Gasteiger partial charge in [-0.25, -0.2) is 19.2 Å². The van der Waals surface area contributed by atoms with Crippen molar-refractivity contribution in [3.63, 3.8) is 0 Å². The van der Waals surface area contributed by atoms with Crippen molar-refractivity contribution < 1.29 is 43.3 Å². The molecule has 3 aromatic carbocycles. The highest BCUT2D eigenvalue weighted by molar-refractivity contribution is 6.34. The molecule has 0 aliphatic rings. The number of carboxylic acids is 1. The molecule has 0 spiro atoms. The molecule has 0 bridgehead atoms. The normalized spacial score (nSPS) is 12.0. The van der Waals surface area contributed by atoms with Gasteiger partial charge in [0.2, 0.25) is 12.2 Å². The lowest BCUT2D eigenvalue weighted by Crippen LogP contribution is -2.48. The summed E-state index contributed by atoms with van der Waals surface area (Å²) < 4.78 is 15.0. The van der Waals surface area contributed by atoms with Crippen LogP contribution in [0.1, 0.15) is 31.1 Å². The fourth-order valence-electron chi connectivity index (χ4n) is 3.19. The Balaban J connectivity index is 1.99. The number of hydrogen-bond donors (Lipinski definition) is 2. The second kappa shape index (κ2) is 12.7. The van der Waals surface area contributed by atoms with Crippen LogP contribution in [-0.4, -0.2) is 54.2 Å². The number of ether oxygens (including phenoxy) is 3. The van der Waals surface area contributed by atoms with Crippen molar-refractivity contribution >= 4 is 58.7 Å². The third-order valence-electron chi connectivity index (χ3n) is 5.02. The Bertz CT molecular complexity index is 1390. The molecule has 0 fully saturated rings. The molecule has 0 aromatic heterocycles. The third-order valence-corrected chi connectivity index (χ3v) is 5.68. The Morgan fingerprint density at radius 3 is 1.61 bits per heavy atom. The van der Waals surface area contributed by atoms with Crippen LogP contribution in [0.15, 0.2) is 72.8 Å². The van der Waals surface area contributed by atoms with E-state index in [0.717, 1.165) is 7.11 Å². The number of carbonyl (C=O) groups is 5. The van der Waals surface area contributed by atoms with Crippen molar-refractivity contribution in [3.8, 4) is 0 Å². The van der Waals surface area contributed by atoms with Gasteiger partial charge >= 0.3 is 23.9 Å². The number of benzene rings is 3. The van der Waals surface area contributed by atoms with Crippen molar-refractivity contribution in [2.75, 3.05) is 12.4 Å². The number of anilines is 1. The van der Waals surface area contributed by atoms with E-state index in [0.29, 0.717) is 0 Å². The second-order valence-corrected chi connectivity index (χ2v) is 8.29. The minimum Gasteiger partial charge on any atom is -0.478 e. The minimum absolute atomic E-state index is 0.0346. The Labute approximate surface area is 226 Å². The van der Waals surface area contributed by atoms with E-state index >= 15 is 0 Å². The van der Waals surface area contributed by atoms with Crippen LogP contribution < -0.4 is 5.32 Å². The van der Waals surface area contributed by atoms with Gasteiger partial charge in [0, 0.05) is 0 Å². The van der Waals surface area contributed by atoms with Gasteiger partial charge in [-0.3, -0.25) is 4.79 Å². The van der Waals surface area contributed by atoms with Gasteiger partial charge in [-0.15, -0.1) is 0 Å². The summed E-state index contributed by atoms with van der Waals surface area (Å²) in [4.78, 5) is 63.2. The fraction of sp³-hybridized carbons (Fsp3) is 0.115. The second-order valence-electron chi connectivity index (χ2n) is 7.48. The van der Waals surface area contributed by atoms with Crippen molar-refractivity contribution in [2.24, 2.45) is 0 Å². The Morgan fingerprint density at radius 2 is 1.13 bits per heavy atom. The maximum absolute atomic E-state index is 13.3. The van der Waals surface area contributed by atoms with Gasteiger partial charge in [-0.1, -0.05) is 59.6 Å². The molecular formula is C26H19Cl2NO9. The zero-order chi connectivity index (χ0) is 27.8. The van der Waals surface area contributed by atoms with Gasteiger partial charge in [0.05, 0.1) is 39.5 Å². The molecule has 0 radical (unpaired) electrons. The van der Waals surface area contributed by atoms with Gasteiger partial charge < -0.3 is 24.6 Å². The number of esters is 3. The zero-order valence-corrected chi connectivity index (χ0v) is 21.1. The van der Waals surface area contributed by atoms with Crippen LogP contribution in [0.5, 0.6) is 0 Å². The number of rotatable bonds is 9. The van der Waals surface area contributed by atoms with Crippen molar-refractivity contribution in [2.45, 2.75) is 12.2 Å². The summed E-state index contributed by atoms with van der Waals surface area (Å²) in [5.41, 5.74) is -0.513. The molecule has 38 heavy (non-hydrogen) atoms. The van der Waals surface area contributed by atoms with Crippen LogP contribution in [-0.2, 0) is 23.8 Å². The number of halogens is 2. The molecule has 12 heteroatoms. The average molecular weight is 560 g/mol. The molecule has 3 aromatic rings. The lowest BCUT2D eigenvalue weighted by molar-refractivity contribution is -0.157. The molecule has 3 rings (SSSR count). The number of para-hydroxylation sites is 1. The summed E-state index contributed by atoms with van der Waals surface area (Å²) in [6.45, 7) is 0. The summed E-state index contributed by atoms with van der Waals surface area (Å²) >= 11 is 12.0. The van der Waals surface area contributed by atoms with E-state index in [1.807, 2.05) is 0 Å². The fourth-order valence-corrected chi connectivity index (χ4v) is 3.62. The van der Waals surface area contributed by atoms with E-state index < -0.39 is 42.0 Å². The largest absolute Gasteiger partial charge is 0.478 e. The van der Waals surface area contributed by atoms with E-state index in [1.165, 1.54) is 66.7 Å². The number of hydrogen-bond acceptors (Lipinski definition) is 8. The van der Waals surface area contributed by atoms with E-state index in [-0.39, 0.29) is 32.4 Å². The molecule has 2 atom stereocenters. The molecule has 10 nitrogen and oxygen atoms in total. The van der Waals surface area contributed by atoms with Gasteiger partial charge in [0.1, 0.15) is 0 Å². The molecule has 0 unspecified atom stereocenters. The molecule has 0 heterocycles. The highest BCUT2D eigenvalue weighted by Gasteiger charge is 2.41. The summed E-state index contributed by atoms with van der Waals surface area (Å²) in [6, 6.07) is 17.0. The SMILES string of the molecule is COC(=O)c1ccccc1NC(=O)[C@H](OC(=O)c1ccccc1Cl)[C@H](OC(=O)c1ccccc1Cl)C(=O)O. The third kappa shape index (κ3) is 6.67. The zero-order valence-electron chi connectivity index (χ0n) is 19.6. The van der Waals surface area contributed by atoms with Crippen molar-refractivity contribution in [3.05, 3.63) is 99.5 Å². The number of carboxylic acid groups (broad SMARTS) is 1. The van der Waals surface area contributed by atoms with Crippen molar-refractivity contribution in [1.29, 1.82) is 0 Å². The van der Waals surface area contributed by atoms with Crippen LogP contribution in [0, 0.1) is 0 Å². The van der Waals surface area contributed by atoms with Crippen molar-refractivity contribution in [1.82, 2.24) is 0 Å². The molecule has 2 N–H and O–H groups in total. The summed E-state index contributed by atoms with van der Waals surface area (Å²) in [7, 11) is 1.13. The highest BCUT2D eigenvalue weighted by Crippen LogP contribution is 2.23.